The number of halogens is 2. The molecular formula is C13H6BrFN2O2. The van der Waals surface area contributed by atoms with Crippen molar-refractivity contribution in [3.8, 4) is 11.5 Å². The fourth-order valence-electron chi connectivity index (χ4n) is 1.69. The summed E-state index contributed by atoms with van der Waals surface area (Å²) in [5.41, 5.74) is 0.434. The van der Waals surface area contributed by atoms with Crippen molar-refractivity contribution in [1.29, 1.82) is 0 Å². The third kappa shape index (κ3) is 2.15. The maximum atomic E-state index is 12.9. The molecule has 3 rings (SSSR count). The van der Waals surface area contributed by atoms with Gasteiger partial charge in [-0.25, -0.2) is 4.39 Å². The molecule has 19 heavy (non-hydrogen) atoms. The molecule has 2 heterocycles. The van der Waals surface area contributed by atoms with E-state index in [1.165, 1.54) is 36.7 Å². The first-order chi connectivity index (χ1) is 9.15. The van der Waals surface area contributed by atoms with E-state index in [0.717, 1.165) is 0 Å². The van der Waals surface area contributed by atoms with Gasteiger partial charge in [-0.05, 0) is 40.2 Å². The lowest BCUT2D eigenvalue weighted by molar-refractivity contribution is 0.592. The first-order valence-electron chi connectivity index (χ1n) is 5.35. The van der Waals surface area contributed by atoms with Crippen LogP contribution in [0.25, 0.3) is 22.4 Å². The van der Waals surface area contributed by atoms with Crippen LogP contribution in [0.2, 0.25) is 0 Å². The number of benzene rings is 1. The molecule has 0 aliphatic rings. The largest absolute Gasteiger partial charge is 0.436 e. The SMILES string of the molecule is O=c1nc(-c2ccc(F)cc2)oc2cncc(Br)c12. The smallest absolute Gasteiger partial charge is 0.285 e. The van der Waals surface area contributed by atoms with Crippen LogP contribution in [0.3, 0.4) is 0 Å². The van der Waals surface area contributed by atoms with E-state index in [4.69, 9.17) is 4.42 Å². The molecule has 0 saturated heterocycles. The van der Waals surface area contributed by atoms with Crippen LogP contribution in [0.4, 0.5) is 4.39 Å². The van der Waals surface area contributed by atoms with E-state index < -0.39 is 5.56 Å². The van der Waals surface area contributed by atoms with Crippen LogP contribution in [0.1, 0.15) is 0 Å². The minimum absolute atomic E-state index is 0.136. The van der Waals surface area contributed by atoms with Gasteiger partial charge in [0.05, 0.1) is 10.7 Å². The normalized spacial score (nSPS) is 10.8. The number of pyridine rings is 1. The Morgan fingerprint density at radius 2 is 1.89 bits per heavy atom. The Labute approximate surface area is 115 Å². The predicted octanol–water partition coefficient (Wildman–Crippen LogP) is 3.15. The Bertz CT molecular complexity index is 815. The van der Waals surface area contributed by atoms with E-state index in [0.29, 0.717) is 21.0 Å². The number of rotatable bonds is 1. The van der Waals surface area contributed by atoms with Gasteiger partial charge < -0.3 is 4.42 Å². The van der Waals surface area contributed by atoms with Gasteiger partial charge in [0.2, 0.25) is 5.89 Å². The molecular weight excluding hydrogens is 315 g/mol. The molecule has 3 aromatic rings. The van der Waals surface area contributed by atoms with E-state index in [1.54, 1.807) is 0 Å². The van der Waals surface area contributed by atoms with Crippen molar-refractivity contribution in [3.05, 3.63) is 57.3 Å². The van der Waals surface area contributed by atoms with E-state index in [-0.39, 0.29) is 11.7 Å². The lowest BCUT2D eigenvalue weighted by atomic mass is 10.2. The van der Waals surface area contributed by atoms with Gasteiger partial charge in [-0.3, -0.25) is 9.78 Å². The molecule has 0 spiro atoms. The molecule has 6 heteroatoms. The van der Waals surface area contributed by atoms with Crippen molar-refractivity contribution in [2.75, 3.05) is 0 Å². The van der Waals surface area contributed by atoms with Crippen LogP contribution < -0.4 is 5.56 Å². The topological polar surface area (TPSA) is 56.0 Å². The second-order valence-corrected chi connectivity index (χ2v) is 4.68. The average molecular weight is 321 g/mol. The zero-order valence-corrected chi connectivity index (χ0v) is 11.0. The number of hydrogen-bond acceptors (Lipinski definition) is 4. The Balaban J connectivity index is 2.27. The summed E-state index contributed by atoms with van der Waals surface area (Å²) in [4.78, 5) is 19.8. The molecule has 0 aliphatic heterocycles. The Morgan fingerprint density at radius 3 is 2.63 bits per heavy atom. The highest BCUT2D eigenvalue weighted by Gasteiger charge is 2.11. The first kappa shape index (κ1) is 12.0. The van der Waals surface area contributed by atoms with Crippen molar-refractivity contribution in [3.63, 3.8) is 0 Å². The molecule has 0 aliphatic carbocycles. The highest BCUT2D eigenvalue weighted by molar-refractivity contribution is 9.10. The Kier molecular flexibility index (Phi) is 2.87. The first-order valence-corrected chi connectivity index (χ1v) is 6.15. The Morgan fingerprint density at radius 1 is 1.16 bits per heavy atom. The standard InChI is InChI=1S/C13H6BrFN2O2/c14-9-5-16-6-10-11(9)12(18)17-13(19-10)7-1-3-8(15)4-2-7/h1-6H. The van der Waals surface area contributed by atoms with Gasteiger partial charge in [-0.1, -0.05) is 0 Å². The maximum Gasteiger partial charge on any atom is 0.285 e. The molecule has 2 aromatic heterocycles. The minimum atomic E-state index is -0.421. The lowest BCUT2D eigenvalue weighted by Crippen LogP contribution is -2.08. The van der Waals surface area contributed by atoms with Gasteiger partial charge in [-0.2, -0.15) is 4.98 Å². The van der Waals surface area contributed by atoms with E-state index in [9.17, 15) is 9.18 Å². The van der Waals surface area contributed by atoms with E-state index >= 15 is 0 Å². The highest BCUT2D eigenvalue weighted by atomic mass is 79.9. The van der Waals surface area contributed by atoms with Crippen molar-refractivity contribution in [1.82, 2.24) is 9.97 Å². The Hall–Kier alpha value is -2.08. The third-order valence-corrected chi connectivity index (χ3v) is 3.18. The summed E-state index contributed by atoms with van der Waals surface area (Å²) in [5.74, 6) is -0.228. The number of hydrogen-bond donors (Lipinski definition) is 0. The molecule has 0 amide bonds. The van der Waals surface area contributed by atoms with E-state index in [1.807, 2.05) is 0 Å². The summed E-state index contributed by atoms with van der Waals surface area (Å²) in [5, 5.41) is 0.334. The minimum Gasteiger partial charge on any atom is -0.436 e. The van der Waals surface area contributed by atoms with Crippen LogP contribution >= 0.6 is 15.9 Å². The maximum absolute atomic E-state index is 12.9. The molecule has 0 saturated carbocycles. The third-order valence-electron chi connectivity index (χ3n) is 2.58. The second kappa shape index (κ2) is 4.55. The number of nitrogens with zero attached hydrogens (tertiary/aromatic N) is 2. The average Bonchev–Trinajstić information content (AvgIpc) is 2.39. The van der Waals surface area contributed by atoms with Gasteiger partial charge >= 0.3 is 0 Å². The summed E-state index contributed by atoms with van der Waals surface area (Å²) >= 11 is 3.23. The van der Waals surface area contributed by atoms with Crippen LogP contribution in [-0.4, -0.2) is 9.97 Å². The monoisotopic (exact) mass is 320 g/mol. The summed E-state index contributed by atoms with van der Waals surface area (Å²) < 4.78 is 18.9. The zero-order chi connectivity index (χ0) is 13.4. The van der Waals surface area contributed by atoms with Crippen LogP contribution in [0.15, 0.2) is 50.3 Å². The van der Waals surface area contributed by atoms with E-state index in [2.05, 4.69) is 25.9 Å². The van der Waals surface area contributed by atoms with Gasteiger partial charge in [0.25, 0.3) is 5.56 Å². The van der Waals surface area contributed by atoms with Crippen molar-refractivity contribution in [2.24, 2.45) is 0 Å². The van der Waals surface area contributed by atoms with Gasteiger partial charge in [0, 0.05) is 11.8 Å². The second-order valence-electron chi connectivity index (χ2n) is 3.83. The quantitative estimate of drug-likeness (QED) is 0.691. The molecule has 4 nitrogen and oxygen atoms in total. The van der Waals surface area contributed by atoms with Crippen LogP contribution in [0, 0.1) is 5.82 Å². The zero-order valence-electron chi connectivity index (χ0n) is 9.43. The van der Waals surface area contributed by atoms with Crippen molar-refractivity contribution < 1.29 is 8.81 Å². The molecule has 0 fully saturated rings. The van der Waals surface area contributed by atoms with Gasteiger partial charge in [-0.15, -0.1) is 0 Å². The molecule has 0 bridgehead atoms. The molecule has 0 radical (unpaired) electrons. The number of fused-ring (bicyclic) bond motifs is 1. The van der Waals surface area contributed by atoms with Crippen LogP contribution in [-0.2, 0) is 0 Å². The summed E-state index contributed by atoms with van der Waals surface area (Å²) in [7, 11) is 0. The lowest BCUT2D eigenvalue weighted by Gasteiger charge is -2.02. The predicted molar refractivity (Wildman–Crippen MR) is 71.2 cm³/mol. The van der Waals surface area contributed by atoms with Crippen molar-refractivity contribution >= 4 is 26.9 Å². The summed E-state index contributed by atoms with van der Waals surface area (Å²) in [6, 6.07) is 5.55. The number of aromatic nitrogens is 2. The highest BCUT2D eigenvalue weighted by Crippen LogP contribution is 2.23. The molecule has 94 valence electrons. The van der Waals surface area contributed by atoms with Crippen LogP contribution in [0.5, 0.6) is 0 Å². The summed E-state index contributed by atoms with van der Waals surface area (Å²) in [6.07, 6.45) is 2.94. The molecule has 0 unspecified atom stereocenters. The van der Waals surface area contributed by atoms with Gasteiger partial charge in [0.15, 0.2) is 5.58 Å². The molecule has 0 atom stereocenters. The fraction of sp³-hybridized carbons (Fsp3) is 0. The fourth-order valence-corrected chi connectivity index (χ4v) is 2.18. The summed E-state index contributed by atoms with van der Waals surface area (Å²) in [6.45, 7) is 0. The molecule has 0 N–H and O–H groups in total. The molecule has 1 aromatic carbocycles. The van der Waals surface area contributed by atoms with Gasteiger partial charge in [0.1, 0.15) is 11.2 Å². The van der Waals surface area contributed by atoms with Crippen molar-refractivity contribution in [2.45, 2.75) is 0 Å².